The minimum atomic E-state index is -4.36. The number of hydrogen-bond donors (Lipinski definition) is 8. The predicted octanol–water partition coefficient (Wildman–Crippen LogP) is 7.53. The van der Waals surface area contributed by atoms with Crippen molar-refractivity contribution in [1.82, 2.24) is 25.4 Å². The van der Waals surface area contributed by atoms with Crippen molar-refractivity contribution in [2.24, 2.45) is 5.14 Å². The van der Waals surface area contributed by atoms with Gasteiger partial charge >= 0.3 is 5.97 Å². The lowest BCUT2D eigenvalue weighted by molar-refractivity contribution is -0.144. The average Bonchev–Trinajstić information content (AvgIpc) is 1.56. The molecule has 0 aliphatic carbocycles. The number of rotatable bonds is 22. The van der Waals surface area contributed by atoms with Crippen molar-refractivity contribution in [2.45, 2.75) is 211 Å². The van der Waals surface area contributed by atoms with Gasteiger partial charge in [0.15, 0.2) is 29.5 Å². The maximum atomic E-state index is 13.5. The van der Waals surface area contributed by atoms with Crippen LogP contribution in [0.1, 0.15) is 158 Å². The van der Waals surface area contributed by atoms with Gasteiger partial charge in [-0.1, -0.05) is 184 Å². The van der Waals surface area contributed by atoms with E-state index in [4.69, 9.17) is 19.1 Å². The van der Waals surface area contributed by atoms with Crippen LogP contribution in [0.2, 0.25) is 10.1 Å². The summed E-state index contributed by atoms with van der Waals surface area (Å²) < 4.78 is 166. The van der Waals surface area contributed by atoms with E-state index < -0.39 is 133 Å². The van der Waals surface area contributed by atoms with E-state index in [0.29, 0.717) is 78.3 Å². The van der Waals surface area contributed by atoms with Gasteiger partial charge in [0.05, 0.1) is 15.7 Å². The molecule has 0 saturated heterocycles. The Balaban J connectivity index is 0.000000209. The van der Waals surface area contributed by atoms with E-state index in [1.807, 2.05) is 118 Å². The van der Waals surface area contributed by atoms with Crippen molar-refractivity contribution in [3.05, 3.63) is 156 Å². The minimum Gasteiger partial charge on any atom is -0.479 e. The van der Waals surface area contributed by atoms with Crippen LogP contribution in [0.3, 0.4) is 0 Å². The molecule has 4 aromatic carbocycles. The van der Waals surface area contributed by atoms with Crippen LogP contribution in [0.5, 0.6) is 0 Å². The highest BCUT2D eigenvalue weighted by Gasteiger charge is 2.54. The fourth-order valence-electron chi connectivity index (χ4n) is 13.1. The maximum Gasteiger partial charge on any atom is 0.331 e. The van der Waals surface area contributed by atoms with E-state index in [-0.39, 0.29) is 48.4 Å². The molecule has 0 saturated carbocycles. The molecule has 6 heterocycles. The smallest absolute Gasteiger partial charge is 0.331 e. The second-order valence-corrected chi connectivity index (χ2v) is 53.3. The number of aliphatic carboxylic acids is 1. The Morgan fingerprint density at radius 3 is 1.00 bits per heavy atom. The average molecular weight is 1680 g/mol. The number of sulfone groups is 3. The maximum absolute atomic E-state index is 13.5. The van der Waals surface area contributed by atoms with E-state index >= 15 is 0 Å². The number of nitrogens with two attached hydrogens (primary N) is 1. The first-order valence-electron chi connectivity index (χ1n) is 34.6. The molecule has 36 heteroatoms. The Kier molecular flexibility index (Phi) is 28.8. The highest BCUT2D eigenvalue weighted by molar-refractivity contribution is 7.97. The third-order valence-electron chi connectivity index (χ3n) is 18.6. The molecule has 107 heavy (non-hydrogen) atoms. The Morgan fingerprint density at radius 2 is 0.748 bits per heavy atom. The molecule has 7 aromatic rings. The van der Waals surface area contributed by atoms with Crippen LogP contribution in [-0.2, 0) is 82.8 Å². The second-order valence-electron chi connectivity index (χ2n) is 28.4. The molecular weight excluding hydrogens is 1590 g/mol. The van der Waals surface area contributed by atoms with Gasteiger partial charge < -0.3 is 35.0 Å². The molecule has 3 aromatic heterocycles. The molecule has 0 bridgehead atoms. The third kappa shape index (κ3) is 19.4. The number of thiophene rings is 3. The van der Waals surface area contributed by atoms with Gasteiger partial charge in [0, 0.05) is 34.8 Å². The largest absolute Gasteiger partial charge is 0.479 e. The number of carboxylic acid groups (broad SMARTS) is 1. The lowest BCUT2D eigenvalue weighted by Crippen LogP contribution is -2.68. The number of carbonyl (C=O) groups is 3. The highest BCUT2D eigenvalue weighted by atomic mass is 32.3. The lowest BCUT2D eigenvalue weighted by Gasteiger charge is -2.44. The Morgan fingerprint density at radius 1 is 0.486 bits per heavy atom. The molecule has 3 aliphatic rings. The number of benzene rings is 4. The number of primary sulfonamides is 1. The first-order chi connectivity index (χ1) is 49.6. The fourth-order valence-corrected chi connectivity index (χ4v) is 36.9. The minimum absolute atomic E-state index is 0.0112. The molecule has 25 nitrogen and oxygen atoms in total. The Bertz CT molecular complexity index is 4920. The number of fused-ring (bicyclic) bond motifs is 3. The summed E-state index contributed by atoms with van der Waals surface area (Å²) >= 11 is 2.05. The van der Waals surface area contributed by atoms with Gasteiger partial charge in [0.2, 0.25) is 10.0 Å². The fraction of sp³-hybridized carbons (Fsp3) is 0.451. The van der Waals surface area contributed by atoms with E-state index in [9.17, 15) is 70.0 Å². The van der Waals surface area contributed by atoms with Gasteiger partial charge in [-0.2, -0.15) is 0 Å². The zero-order chi connectivity index (χ0) is 80.0. The molecule has 3 aliphatic heterocycles. The summed E-state index contributed by atoms with van der Waals surface area (Å²) in [6, 6.07) is 43.0. The summed E-state index contributed by atoms with van der Waals surface area (Å²) in [5.74, 6) is -2.82. The SMILES string of the molecule is CCN[C@H]1C[C@H](C)S(=O)(=O)c2sc(S(=O)(=O)NC(=O)[C@H](C)O)cc21.CCN[C@H]1C[C@H](C)S(=O)(=O)c2sc(S(=O)(=O)NC(=O)[C@H](C)O[Si](c3ccccc3)(c3ccccc3)C(C)(C)C)cc21.CCN[C@H]1C[C@H](C)S(=O)(=O)c2sc(S(N)(=O)=O)cc21.C[C@H](O[Si](c1ccccc1)(c1ccccc1)C(C)(C)C)C(=O)O. The second kappa shape index (κ2) is 34.9. The van der Waals surface area contributed by atoms with Crippen molar-refractivity contribution in [2.75, 3.05) is 19.6 Å². The zero-order valence-corrected chi connectivity index (χ0v) is 71.7. The van der Waals surface area contributed by atoms with Crippen molar-refractivity contribution >= 4 is 149 Å². The topological polar surface area (TPSA) is 401 Å². The number of carboxylic acids is 1. The van der Waals surface area contributed by atoms with Gasteiger partial charge in [0.25, 0.3) is 48.5 Å². The van der Waals surface area contributed by atoms with Crippen LogP contribution in [0.4, 0.5) is 0 Å². The predicted molar refractivity (Wildman–Crippen MR) is 424 cm³/mol. The summed E-state index contributed by atoms with van der Waals surface area (Å²) in [6.07, 6.45) is -2.35. The molecule has 0 spiro atoms. The summed E-state index contributed by atoms with van der Waals surface area (Å²) in [5, 5.41) is 34.9. The standard InChI is InChI=1S/C29H38N2O6S3Si.C19H24O3Si.C13H20N2O6S3.C10H16N2O4S3/c1-7-30-25-18-20(2)39(33,34)28-24(25)19-26(38-28)40(35,36)31-27(32)21(3)37-41(29(4,5)6,22-14-10-8-11-15-22)23-16-12-9-13-17-23;1-15(18(20)21)22-23(19(2,3)4,16-11-7-5-8-12-16)17-13-9-6-10-14-17;1-4-14-10-5-7(2)23(18,19)13-9(10)6-11(22-13)24(20,21)15-12(17)8(3)16;1-3-12-8-4-6(2)18(13,14)10-7(8)5-9(17-10)19(11,15)16/h8-17,19-21,25,30H,7,18H2,1-6H3,(H,31,32);5-15H,1-4H3,(H,20,21);6-8,10,14,16H,4-5H2,1-3H3,(H,15,17);5-6,8,12H,3-4H2,1-2H3,(H2,11,15,16)/t20-,21-,25-;15-;7-,8-,10-;6-,8-/m0000/s1. The van der Waals surface area contributed by atoms with Gasteiger partial charge in [-0.15, -0.1) is 34.0 Å². The summed E-state index contributed by atoms with van der Waals surface area (Å²) in [7, 11) is -29.1. The molecule has 0 fully saturated rings. The normalized spacial score (nSPS) is 20.5. The van der Waals surface area contributed by atoms with Crippen molar-refractivity contribution < 1.29 is 84.0 Å². The number of hydrogen-bond acceptors (Lipinski definition) is 24. The Labute approximate surface area is 644 Å². The quantitative estimate of drug-likeness (QED) is 0.0304. The van der Waals surface area contributed by atoms with Gasteiger partial charge in [-0.25, -0.2) is 69.9 Å². The first-order valence-corrected chi connectivity index (χ1v) is 50.0. The molecule has 0 radical (unpaired) electrons. The van der Waals surface area contributed by atoms with Crippen LogP contribution in [-0.4, -0.2) is 149 Å². The van der Waals surface area contributed by atoms with Crippen LogP contribution in [0.15, 0.2) is 165 Å². The third-order valence-corrected chi connectivity index (χ3v) is 45.5. The van der Waals surface area contributed by atoms with Crippen molar-refractivity contribution in [3.63, 3.8) is 0 Å². The molecule has 588 valence electrons. The highest BCUT2D eigenvalue weighted by Crippen LogP contribution is 2.46. The molecular formula is C71H98N6O19S9Si2. The van der Waals surface area contributed by atoms with E-state index in [1.165, 1.54) is 18.2 Å². The van der Waals surface area contributed by atoms with Gasteiger partial charge in [-0.3, -0.25) is 9.59 Å². The first kappa shape index (κ1) is 88.5. The molecule has 0 unspecified atom stereocenters. The summed E-state index contributed by atoms with van der Waals surface area (Å²) in [4.78, 5) is 36.4. The molecule has 10 rings (SSSR count). The molecule has 9 atom stereocenters. The van der Waals surface area contributed by atoms with E-state index in [1.54, 1.807) is 39.3 Å². The molecule has 9 N–H and O–H groups in total. The van der Waals surface area contributed by atoms with Crippen LogP contribution >= 0.6 is 34.0 Å². The van der Waals surface area contributed by atoms with Crippen LogP contribution in [0, 0.1) is 0 Å². The van der Waals surface area contributed by atoms with Crippen LogP contribution < -0.4 is 51.3 Å². The van der Waals surface area contributed by atoms with Gasteiger partial charge in [0.1, 0.15) is 43.6 Å². The number of sulfonamides is 3. The summed E-state index contributed by atoms with van der Waals surface area (Å²) in [6.45, 7) is 29.3. The number of amides is 2. The number of aliphatic hydroxyl groups is 1. The number of carbonyl (C=O) groups excluding carboxylic acids is 2. The summed E-state index contributed by atoms with van der Waals surface area (Å²) in [5.41, 5.74) is 1.36. The zero-order valence-electron chi connectivity index (χ0n) is 62.3. The van der Waals surface area contributed by atoms with Crippen molar-refractivity contribution in [3.8, 4) is 0 Å². The monoisotopic (exact) mass is 1680 g/mol. The van der Waals surface area contributed by atoms with E-state index in [0.717, 1.165) is 39.0 Å². The number of nitrogens with one attached hydrogen (secondary N) is 5. The van der Waals surface area contributed by atoms with Gasteiger partial charge in [-0.05, 0) is 129 Å². The van der Waals surface area contributed by atoms with E-state index in [2.05, 4.69) is 86.5 Å². The van der Waals surface area contributed by atoms with Crippen molar-refractivity contribution in [1.29, 1.82) is 0 Å². The lowest BCUT2D eigenvalue weighted by atomic mass is 10.1. The number of aliphatic hydroxyl groups excluding tert-OH is 1. The Hall–Kier alpha value is -5.76. The van der Waals surface area contributed by atoms with Crippen LogP contribution in [0.25, 0.3) is 0 Å². The molecule has 2 amide bonds.